The lowest BCUT2D eigenvalue weighted by Gasteiger charge is -2.30. The molecule has 1 aliphatic rings. The summed E-state index contributed by atoms with van der Waals surface area (Å²) in [7, 11) is -1.19. The fourth-order valence-electron chi connectivity index (χ4n) is 3.82. The highest BCUT2D eigenvalue weighted by Gasteiger charge is 2.28. The van der Waals surface area contributed by atoms with Crippen molar-refractivity contribution in [2.24, 2.45) is 0 Å². The van der Waals surface area contributed by atoms with Gasteiger partial charge in [-0.05, 0) is 62.9 Å². The van der Waals surface area contributed by atoms with E-state index < -0.39 is 17.6 Å². The normalized spacial score (nSPS) is 15.1. The number of hydrogen-bond acceptors (Lipinski definition) is 3. The quantitative estimate of drug-likeness (QED) is 0.488. The molecular formula is C23H23F2N3O2S. The summed E-state index contributed by atoms with van der Waals surface area (Å²) in [5, 5.41) is 10.6. The van der Waals surface area contributed by atoms with Crippen LogP contribution in [-0.4, -0.2) is 20.6 Å². The second-order valence-corrected chi connectivity index (χ2v) is 9.61. The smallest absolute Gasteiger partial charge is 0.387 e. The molecule has 8 heteroatoms. The van der Waals surface area contributed by atoms with Crippen LogP contribution in [-0.2, 0) is 11.0 Å². The van der Waals surface area contributed by atoms with Gasteiger partial charge < -0.3 is 14.0 Å². The molecule has 5 nitrogen and oxygen atoms in total. The van der Waals surface area contributed by atoms with E-state index in [0.29, 0.717) is 10.9 Å². The van der Waals surface area contributed by atoms with Crippen molar-refractivity contribution >= 4 is 27.6 Å². The fourth-order valence-corrected chi connectivity index (χ4v) is 4.42. The highest BCUT2D eigenvalue weighted by atomic mass is 32.2. The molecule has 0 saturated heterocycles. The molecule has 1 atom stereocenters. The van der Waals surface area contributed by atoms with Crippen molar-refractivity contribution in [1.29, 1.82) is 5.26 Å². The van der Waals surface area contributed by atoms with Gasteiger partial charge in [0.1, 0.15) is 22.8 Å². The molecule has 0 amide bonds. The Morgan fingerprint density at radius 2 is 1.90 bits per heavy atom. The van der Waals surface area contributed by atoms with Crippen LogP contribution in [0.1, 0.15) is 44.7 Å². The maximum Gasteiger partial charge on any atom is 0.387 e. The van der Waals surface area contributed by atoms with Crippen LogP contribution in [0.3, 0.4) is 0 Å². The molecule has 0 bridgehead atoms. The van der Waals surface area contributed by atoms with Crippen LogP contribution in [0.25, 0.3) is 22.2 Å². The summed E-state index contributed by atoms with van der Waals surface area (Å²) in [6.45, 7) is 0.843. The average molecular weight is 444 g/mol. The van der Waals surface area contributed by atoms with Gasteiger partial charge in [-0.3, -0.25) is 0 Å². The number of halogens is 2. The Balaban J connectivity index is 1.83. The van der Waals surface area contributed by atoms with Crippen LogP contribution in [0.2, 0.25) is 0 Å². The van der Waals surface area contributed by atoms with Crippen LogP contribution in [0, 0.1) is 11.3 Å². The molecule has 1 fully saturated rings. The Bertz CT molecular complexity index is 1160. The number of alkyl halides is 2. The van der Waals surface area contributed by atoms with Gasteiger partial charge in [-0.15, -0.1) is 0 Å². The summed E-state index contributed by atoms with van der Waals surface area (Å²) >= 11 is 0. The molecule has 162 valence electrons. The van der Waals surface area contributed by atoms with Crippen LogP contribution in [0.5, 0.6) is 5.75 Å². The Hall–Kier alpha value is -2.92. The largest absolute Gasteiger partial charge is 0.435 e. The summed E-state index contributed by atoms with van der Waals surface area (Å²) in [5.74, 6) is 0.0762. The van der Waals surface area contributed by atoms with Crippen molar-refractivity contribution < 1.29 is 17.7 Å². The predicted octanol–water partition coefficient (Wildman–Crippen LogP) is 5.99. The number of nitrogens with zero attached hydrogens (tertiary/aromatic N) is 2. The lowest BCUT2D eigenvalue weighted by Crippen LogP contribution is -2.18. The van der Waals surface area contributed by atoms with E-state index in [1.54, 1.807) is 12.1 Å². The molecule has 1 heterocycles. The topological polar surface area (TPSA) is 67.1 Å². The lowest BCUT2D eigenvalue weighted by molar-refractivity contribution is -0.0497. The van der Waals surface area contributed by atoms with E-state index in [1.165, 1.54) is 6.07 Å². The maximum atomic E-state index is 12.7. The van der Waals surface area contributed by atoms with Crippen molar-refractivity contribution in [1.82, 2.24) is 4.57 Å². The van der Waals surface area contributed by atoms with E-state index in [2.05, 4.69) is 20.1 Å². The van der Waals surface area contributed by atoms with Crippen molar-refractivity contribution in [3.8, 4) is 23.1 Å². The first kappa shape index (κ1) is 21.3. The van der Waals surface area contributed by atoms with Gasteiger partial charge in [-0.25, -0.2) is 4.21 Å². The number of aromatic nitrogens is 1. The van der Waals surface area contributed by atoms with Gasteiger partial charge in [0, 0.05) is 28.4 Å². The van der Waals surface area contributed by atoms with Crippen molar-refractivity contribution in [3.05, 3.63) is 48.0 Å². The van der Waals surface area contributed by atoms with E-state index in [4.69, 9.17) is 0 Å². The molecule has 1 unspecified atom stereocenters. The fraction of sp³-hybridized carbons (Fsp3) is 0.348. The number of fused-ring (bicyclic) bond motifs is 1. The SMILES string of the molecule is CC(C)S(=O)Nc1ccc(-c2c(C#N)c3ccc(OC(F)F)cc3n2C2CCC2)cc1. The van der Waals surface area contributed by atoms with Gasteiger partial charge in [0.05, 0.1) is 16.8 Å². The van der Waals surface area contributed by atoms with Crippen LogP contribution >= 0.6 is 0 Å². The minimum atomic E-state index is -2.91. The molecule has 1 saturated carbocycles. The zero-order chi connectivity index (χ0) is 22.1. The van der Waals surface area contributed by atoms with Crippen molar-refractivity contribution in [2.45, 2.75) is 51.0 Å². The third-order valence-corrected chi connectivity index (χ3v) is 6.85. The number of nitriles is 1. The van der Waals surface area contributed by atoms with Crippen molar-refractivity contribution in [3.63, 3.8) is 0 Å². The lowest BCUT2D eigenvalue weighted by atomic mass is 9.92. The minimum Gasteiger partial charge on any atom is -0.435 e. The molecular weight excluding hydrogens is 420 g/mol. The Morgan fingerprint density at radius 3 is 2.45 bits per heavy atom. The summed E-state index contributed by atoms with van der Waals surface area (Å²) in [6.07, 6.45) is 3.02. The van der Waals surface area contributed by atoms with Crippen LogP contribution in [0.15, 0.2) is 42.5 Å². The van der Waals surface area contributed by atoms with E-state index in [9.17, 15) is 18.3 Å². The number of nitrogens with one attached hydrogen (secondary N) is 1. The van der Waals surface area contributed by atoms with E-state index >= 15 is 0 Å². The van der Waals surface area contributed by atoms with Gasteiger partial charge >= 0.3 is 6.61 Å². The molecule has 0 spiro atoms. The summed E-state index contributed by atoms with van der Waals surface area (Å²) in [6, 6.07) is 14.7. The first-order valence-corrected chi connectivity index (χ1v) is 11.4. The number of rotatable bonds is 7. The monoisotopic (exact) mass is 443 g/mol. The molecule has 1 N–H and O–H groups in total. The Kier molecular flexibility index (Phi) is 5.96. The van der Waals surface area contributed by atoms with Gasteiger partial charge in [0.25, 0.3) is 0 Å². The second-order valence-electron chi connectivity index (χ2n) is 7.87. The number of ether oxygens (including phenoxy) is 1. The zero-order valence-electron chi connectivity index (χ0n) is 17.3. The van der Waals surface area contributed by atoms with E-state index in [-0.39, 0.29) is 17.0 Å². The summed E-state index contributed by atoms with van der Waals surface area (Å²) < 4.78 is 47.2. The summed E-state index contributed by atoms with van der Waals surface area (Å²) in [4.78, 5) is 0. The van der Waals surface area contributed by atoms with Crippen LogP contribution in [0.4, 0.5) is 14.5 Å². The molecule has 0 radical (unpaired) electrons. The van der Waals surface area contributed by atoms with E-state index in [1.807, 2.05) is 38.1 Å². The minimum absolute atomic E-state index is 0.0179. The molecule has 1 aromatic heterocycles. The molecule has 0 aliphatic heterocycles. The zero-order valence-corrected chi connectivity index (χ0v) is 18.1. The Labute approximate surface area is 182 Å². The first-order valence-electron chi connectivity index (χ1n) is 10.2. The van der Waals surface area contributed by atoms with Gasteiger partial charge in [0.2, 0.25) is 0 Å². The van der Waals surface area contributed by atoms with Crippen molar-refractivity contribution in [2.75, 3.05) is 4.72 Å². The van der Waals surface area contributed by atoms with Gasteiger partial charge in [-0.2, -0.15) is 14.0 Å². The first-order chi connectivity index (χ1) is 14.9. The number of hydrogen-bond donors (Lipinski definition) is 1. The second kappa shape index (κ2) is 8.67. The molecule has 4 rings (SSSR count). The summed E-state index contributed by atoms with van der Waals surface area (Å²) in [5.41, 5.74) is 3.58. The standard InChI is InChI=1S/C23H23F2N3O2S/c1-14(2)31(29)27-16-8-6-15(7-9-16)22-20(13-26)19-11-10-18(30-23(24)25)12-21(19)28(22)17-4-3-5-17/h6-12,14,17,23,27H,3-5H2,1-2H3. The van der Waals surface area contributed by atoms with Crippen LogP contribution < -0.4 is 9.46 Å². The number of benzene rings is 2. The highest BCUT2D eigenvalue weighted by Crippen LogP contribution is 2.43. The third kappa shape index (κ3) is 4.15. The maximum absolute atomic E-state index is 12.7. The molecule has 3 aromatic rings. The third-order valence-electron chi connectivity index (χ3n) is 5.56. The van der Waals surface area contributed by atoms with Gasteiger partial charge in [0.15, 0.2) is 0 Å². The molecule has 31 heavy (non-hydrogen) atoms. The Morgan fingerprint density at radius 1 is 1.19 bits per heavy atom. The molecule has 2 aromatic carbocycles. The average Bonchev–Trinajstić information content (AvgIpc) is 3.00. The molecule has 1 aliphatic carbocycles. The highest BCUT2D eigenvalue weighted by molar-refractivity contribution is 7.86. The van der Waals surface area contributed by atoms with Gasteiger partial charge in [-0.1, -0.05) is 12.1 Å². The predicted molar refractivity (Wildman–Crippen MR) is 119 cm³/mol. The van der Waals surface area contributed by atoms with E-state index in [0.717, 1.165) is 41.7 Å². The number of anilines is 1.